The van der Waals surface area contributed by atoms with E-state index in [0.29, 0.717) is 38.4 Å². The first-order valence-corrected chi connectivity index (χ1v) is 7.45. The number of furan rings is 1. The molecular weight excluding hydrogens is 290 g/mol. The first kappa shape index (κ1) is 16.5. The highest BCUT2D eigenvalue weighted by Gasteiger charge is 2.20. The first-order chi connectivity index (χ1) is 10.6. The normalized spacial score (nSPS) is 17.6. The molecule has 0 spiro atoms. The molecule has 1 aliphatic rings. The number of aryl methyl sites for hydroxylation is 1. The third-order valence-corrected chi connectivity index (χ3v) is 3.43. The zero-order chi connectivity index (χ0) is 15.9. The minimum atomic E-state index is -1.09. The number of rotatable bonds is 8. The summed E-state index contributed by atoms with van der Waals surface area (Å²) in [6, 6.07) is 1.27. The summed E-state index contributed by atoms with van der Waals surface area (Å²) < 4.78 is 16.1. The van der Waals surface area contributed by atoms with Crippen LogP contribution in [0.15, 0.2) is 10.5 Å². The molecule has 0 aromatic carbocycles. The van der Waals surface area contributed by atoms with E-state index < -0.39 is 11.9 Å². The highest BCUT2D eigenvalue weighted by Crippen LogP contribution is 2.16. The monoisotopic (exact) mass is 311 g/mol. The Morgan fingerprint density at radius 3 is 2.91 bits per heavy atom. The van der Waals surface area contributed by atoms with Crippen LogP contribution in [-0.4, -0.2) is 49.5 Å². The lowest BCUT2D eigenvalue weighted by Gasteiger charge is -2.09. The Morgan fingerprint density at radius 1 is 1.50 bits per heavy atom. The maximum atomic E-state index is 11.9. The van der Waals surface area contributed by atoms with Crippen LogP contribution in [0.2, 0.25) is 0 Å². The molecule has 2 rings (SSSR count). The molecule has 1 aliphatic heterocycles. The van der Waals surface area contributed by atoms with E-state index in [-0.39, 0.29) is 17.4 Å². The van der Waals surface area contributed by atoms with Crippen LogP contribution in [0, 0.1) is 0 Å². The van der Waals surface area contributed by atoms with E-state index in [4.69, 9.17) is 19.0 Å². The summed E-state index contributed by atoms with van der Waals surface area (Å²) in [6.45, 7) is 4.14. The molecule has 1 aromatic heterocycles. The summed E-state index contributed by atoms with van der Waals surface area (Å²) >= 11 is 0. The molecule has 2 heterocycles. The number of carbonyl (C=O) groups excluding carboxylic acids is 1. The largest absolute Gasteiger partial charge is 0.478 e. The summed E-state index contributed by atoms with van der Waals surface area (Å²) in [5.74, 6) is -1.17. The lowest BCUT2D eigenvalue weighted by atomic mass is 10.2. The van der Waals surface area contributed by atoms with E-state index in [2.05, 4.69) is 5.32 Å². The van der Waals surface area contributed by atoms with Gasteiger partial charge in [-0.2, -0.15) is 0 Å². The Kier molecular flexibility index (Phi) is 5.97. The van der Waals surface area contributed by atoms with E-state index in [1.54, 1.807) is 6.92 Å². The Bertz CT molecular complexity index is 518. The van der Waals surface area contributed by atoms with Gasteiger partial charge in [-0.15, -0.1) is 0 Å². The van der Waals surface area contributed by atoms with Gasteiger partial charge in [-0.25, -0.2) is 4.79 Å². The van der Waals surface area contributed by atoms with Gasteiger partial charge >= 0.3 is 5.97 Å². The van der Waals surface area contributed by atoms with Gasteiger partial charge in [0.15, 0.2) is 5.76 Å². The van der Waals surface area contributed by atoms with Gasteiger partial charge in [0.05, 0.1) is 12.7 Å². The van der Waals surface area contributed by atoms with Crippen molar-refractivity contribution in [2.75, 3.05) is 26.4 Å². The van der Waals surface area contributed by atoms with Gasteiger partial charge in [0.25, 0.3) is 5.91 Å². The van der Waals surface area contributed by atoms with Crippen molar-refractivity contribution in [3.8, 4) is 0 Å². The lowest BCUT2D eigenvalue weighted by Crippen LogP contribution is -2.25. The number of hydrogen-bond donors (Lipinski definition) is 2. The fourth-order valence-electron chi connectivity index (χ4n) is 2.24. The molecule has 0 aliphatic carbocycles. The smallest absolute Gasteiger partial charge is 0.339 e. The van der Waals surface area contributed by atoms with Gasteiger partial charge in [0, 0.05) is 32.2 Å². The predicted octanol–water partition coefficient (Wildman–Crippen LogP) is 1.47. The van der Waals surface area contributed by atoms with Crippen LogP contribution >= 0.6 is 0 Å². The zero-order valence-electron chi connectivity index (χ0n) is 12.6. The molecule has 0 bridgehead atoms. The minimum absolute atomic E-state index is 0.0272. The van der Waals surface area contributed by atoms with Gasteiger partial charge in [0.1, 0.15) is 11.3 Å². The Balaban J connectivity index is 1.73. The molecule has 7 heteroatoms. The third-order valence-electron chi connectivity index (χ3n) is 3.43. The number of ether oxygens (including phenoxy) is 2. The molecule has 1 fully saturated rings. The van der Waals surface area contributed by atoms with Crippen LogP contribution < -0.4 is 5.32 Å². The standard InChI is InChI=1S/C15H21NO6/c1-2-12-11(15(18)19)8-13(22-12)14(17)16-5-3-6-21-10-4-7-20-9-10/h8,10H,2-7,9H2,1H3,(H,16,17)(H,18,19). The molecule has 7 nitrogen and oxygen atoms in total. The SMILES string of the molecule is CCc1oc(C(=O)NCCCOC2CCOC2)cc1C(=O)O. The number of nitrogens with one attached hydrogen (secondary N) is 1. The van der Waals surface area contributed by atoms with Gasteiger partial charge in [0.2, 0.25) is 0 Å². The Hall–Kier alpha value is -1.86. The molecule has 1 amide bonds. The fraction of sp³-hybridized carbons (Fsp3) is 0.600. The lowest BCUT2D eigenvalue weighted by molar-refractivity contribution is 0.0414. The molecule has 22 heavy (non-hydrogen) atoms. The number of hydrogen-bond acceptors (Lipinski definition) is 5. The molecule has 0 radical (unpaired) electrons. The van der Waals surface area contributed by atoms with Crippen LogP contribution in [0.1, 0.15) is 46.4 Å². The molecule has 1 unspecified atom stereocenters. The summed E-state index contributed by atoms with van der Waals surface area (Å²) in [5.41, 5.74) is 0.0391. The van der Waals surface area contributed by atoms with E-state index in [9.17, 15) is 9.59 Å². The van der Waals surface area contributed by atoms with E-state index in [0.717, 1.165) is 13.0 Å². The van der Waals surface area contributed by atoms with Crippen LogP contribution in [0.4, 0.5) is 0 Å². The highest BCUT2D eigenvalue weighted by atomic mass is 16.5. The van der Waals surface area contributed by atoms with Gasteiger partial charge < -0.3 is 24.3 Å². The van der Waals surface area contributed by atoms with E-state index in [1.165, 1.54) is 6.07 Å². The van der Waals surface area contributed by atoms with Crippen molar-refractivity contribution in [1.82, 2.24) is 5.32 Å². The van der Waals surface area contributed by atoms with Crippen molar-refractivity contribution < 1.29 is 28.6 Å². The van der Waals surface area contributed by atoms with Gasteiger partial charge in [-0.3, -0.25) is 4.79 Å². The van der Waals surface area contributed by atoms with E-state index in [1.807, 2.05) is 0 Å². The molecule has 2 N–H and O–H groups in total. The van der Waals surface area contributed by atoms with Crippen molar-refractivity contribution in [3.05, 3.63) is 23.2 Å². The predicted molar refractivity (Wildman–Crippen MR) is 77.2 cm³/mol. The summed E-state index contributed by atoms with van der Waals surface area (Å²) in [7, 11) is 0. The van der Waals surface area contributed by atoms with Crippen molar-refractivity contribution in [2.24, 2.45) is 0 Å². The molecule has 0 saturated carbocycles. The van der Waals surface area contributed by atoms with Crippen molar-refractivity contribution >= 4 is 11.9 Å². The number of carboxylic acids is 1. The maximum Gasteiger partial charge on any atom is 0.339 e. The maximum absolute atomic E-state index is 11.9. The average Bonchev–Trinajstić information content (AvgIpc) is 3.15. The number of carbonyl (C=O) groups is 2. The average molecular weight is 311 g/mol. The van der Waals surface area contributed by atoms with Crippen LogP contribution in [0.25, 0.3) is 0 Å². The molecule has 122 valence electrons. The van der Waals surface area contributed by atoms with Crippen molar-refractivity contribution in [1.29, 1.82) is 0 Å². The van der Waals surface area contributed by atoms with Gasteiger partial charge in [-0.1, -0.05) is 6.92 Å². The number of amides is 1. The van der Waals surface area contributed by atoms with Crippen LogP contribution in [0.3, 0.4) is 0 Å². The second kappa shape index (κ2) is 7.95. The Morgan fingerprint density at radius 2 is 2.32 bits per heavy atom. The first-order valence-electron chi connectivity index (χ1n) is 7.45. The molecule has 1 atom stereocenters. The summed E-state index contributed by atoms with van der Waals surface area (Å²) in [5, 5.41) is 11.7. The molecular formula is C15H21NO6. The highest BCUT2D eigenvalue weighted by molar-refractivity contribution is 5.96. The van der Waals surface area contributed by atoms with Crippen molar-refractivity contribution in [3.63, 3.8) is 0 Å². The van der Waals surface area contributed by atoms with Gasteiger partial charge in [-0.05, 0) is 12.8 Å². The van der Waals surface area contributed by atoms with Crippen molar-refractivity contribution in [2.45, 2.75) is 32.3 Å². The summed E-state index contributed by atoms with van der Waals surface area (Å²) in [6.07, 6.45) is 2.17. The second-order valence-corrected chi connectivity index (χ2v) is 5.07. The third kappa shape index (κ3) is 4.32. The number of aromatic carboxylic acids is 1. The zero-order valence-corrected chi connectivity index (χ0v) is 12.6. The van der Waals surface area contributed by atoms with Crippen LogP contribution in [-0.2, 0) is 15.9 Å². The minimum Gasteiger partial charge on any atom is -0.478 e. The summed E-state index contributed by atoms with van der Waals surface area (Å²) in [4.78, 5) is 22.9. The van der Waals surface area contributed by atoms with Crippen LogP contribution in [0.5, 0.6) is 0 Å². The Labute approximate surface area is 128 Å². The molecule has 1 aromatic rings. The second-order valence-electron chi connectivity index (χ2n) is 5.07. The quantitative estimate of drug-likeness (QED) is 0.705. The van der Waals surface area contributed by atoms with E-state index >= 15 is 0 Å². The molecule has 1 saturated heterocycles. The topological polar surface area (TPSA) is 98.0 Å². The number of carboxylic acid groups (broad SMARTS) is 1. The fourth-order valence-corrected chi connectivity index (χ4v) is 2.24.